The Bertz CT molecular complexity index is 985. The smallest absolute Gasteiger partial charge is 0.387 e. The highest BCUT2D eigenvalue weighted by Gasteiger charge is 2.31. The number of hydrogen-bond acceptors (Lipinski definition) is 4. The SMILES string of the molecule is O=C(C=Cc1ccccc1OC(F)F)N1CCCC1c1nc2ccccc2s1. The van der Waals surface area contributed by atoms with Gasteiger partial charge in [0.05, 0.1) is 16.3 Å². The number of nitrogens with zero attached hydrogens (tertiary/aromatic N) is 2. The number of hydrogen-bond donors (Lipinski definition) is 0. The van der Waals surface area contributed by atoms with E-state index in [2.05, 4.69) is 9.72 Å². The van der Waals surface area contributed by atoms with Gasteiger partial charge in [-0.2, -0.15) is 8.78 Å². The van der Waals surface area contributed by atoms with Crippen molar-refractivity contribution in [2.24, 2.45) is 0 Å². The normalized spacial score (nSPS) is 17.1. The fourth-order valence-corrected chi connectivity index (χ4v) is 4.51. The molecule has 1 atom stereocenters. The van der Waals surface area contributed by atoms with E-state index in [9.17, 15) is 13.6 Å². The number of fused-ring (bicyclic) bond motifs is 1. The molecule has 3 aromatic rings. The number of benzene rings is 2. The molecule has 7 heteroatoms. The Hall–Kier alpha value is -2.80. The summed E-state index contributed by atoms with van der Waals surface area (Å²) in [6.07, 6.45) is 4.71. The van der Waals surface area contributed by atoms with Crippen molar-refractivity contribution >= 4 is 33.5 Å². The van der Waals surface area contributed by atoms with E-state index in [4.69, 9.17) is 0 Å². The number of carbonyl (C=O) groups excluding carboxylic acids is 1. The van der Waals surface area contributed by atoms with E-state index < -0.39 is 6.61 Å². The van der Waals surface area contributed by atoms with E-state index in [0.29, 0.717) is 12.1 Å². The van der Waals surface area contributed by atoms with Crippen LogP contribution in [0.2, 0.25) is 0 Å². The highest BCUT2D eigenvalue weighted by Crippen LogP contribution is 2.36. The van der Waals surface area contributed by atoms with E-state index >= 15 is 0 Å². The first-order valence-electron chi connectivity index (χ1n) is 9.00. The average molecular weight is 400 g/mol. The van der Waals surface area contributed by atoms with E-state index in [1.54, 1.807) is 34.4 Å². The monoisotopic (exact) mass is 400 g/mol. The lowest BCUT2D eigenvalue weighted by Crippen LogP contribution is -2.28. The minimum absolute atomic E-state index is 0.0469. The van der Waals surface area contributed by atoms with Gasteiger partial charge in [0.15, 0.2) is 0 Å². The zero-order valence-corrected chi connectivity index (χ0v) is 15.7. The first-order chi connectivity index (χ1) is 13.6. The maximum Gasteiger partial charge on any atom is 0.387 e. The summed E-state index contributed by atoms with van der Waals surface area (Å²) in [6, 6.07) is 14.3. The maximum absolute atomic E-state index is 12.8. The van der Waals surface area contributed by atoms with Crippen LogP contribution in [-0.2, 0) is 4.79 Å². The number of halogens is 2. The number of thiazole rings is 1. The lowest BCUT2D eigenvalue weighted by Gasteiger charge is -2.21. The predicted molar refractivity (Wildman–Crippen MR) is 105 cm³/mol. The van der Waals surface area contributed by atoms with Crippen molar-refractivity contribution in [3.8, 4) is 5.75 Å². The van der Waals surface area contributed by atoms with E-state index in [-0.39, 0.29) is 17.7 Å². The number of likely N-dealkylation sites (tertiary alicyclic amines) is 1. The highest BCUT2D eigenvalue weighted by atomic mass is 32.1. The Balaban J connectivity index is 1.53. The Morgan fingerprint density at radius 3 is 2.82 bits per heavy atom. The van der Waals surface area contributed by atoms with Crippen LogP contribution in [0.1, 0.15) is 29.5 Å². The quantitative estimate of drug-likeness (QED) is 0.548. The van der Waals surface area contributed by atoms with Gasteiger partial charge >= 0.3 is 6.61 Å². The van der Waals surface area contributed by atoms with Crippen LogP contribution in [0.5, 0.6) is 5.75 Å². The first-order valence-corrected chi connectivity index (χ1v) is 9.81. The van der Waals surface area contributed by atoms with Gasteiger partial charge in [-0.05, 0) is 37.1 Å². The summed E-state index contributed by atoms with van der Waals surface area (Å²) < 4.78 is 30.7. The summed E-state index contributed by atoms with van der Waals surface area (Å²) in [4.78, 5) is 19.3. The third kappa shape index (κ3) is 3.89. The van der Waals surface area contributed by atoms with Gasteiger partial charge in [-0.15, -0.1) is 11.3 Å². The topological polar surface area (TPSA) is 42.4 Å². The van der Waals surface area contributed by atoms with Crippen LogP contribution in [0.25, 0.3) is 16.3 Å². The average Bonchev–Trinajstić information content (AvgIpc) is 3.33. The van der Waals surface area contributed by atoms with Crippen molar-refractivity contribution < 1.29 is 18.3 Å². The van der Waals surface area contributed by atoms with E-state index in [0.717, 1.165) is 28.1 Å². The molecule has 4 nitrogen and oxygen atoms in total. The second kappa shape index (κ2) is 8.06. The van der Waals surface area contributed by atoms with Gasteiger partial charge in [0.1, 0.15) is 10.8 Å². The van der Waals surface area contributed by atoms with Gasteiger partial charge in [-0.25, -0.2) is 4.98 Å². The van der Waals surface area contributed by atoms with Crippen LogP contribution in [0.3, 0.4) is 0 Å². The zero-order chi connectivity index (χ0) is 19.5. The number of alkyl halides is 2. The van der Waals surface area contributed by atoms with Gasteiger partial charge < -0.3 is 9.64 Å². The Morgan fingerprint density at radius 2 is 2.00 bits per heavy atom. The molecule has 1 aliphatic heterocycles. The largest absolute Gasteiger partial charge is 0.434 e. The second-order valence-electron chi connectivity index (χ2n) is 6.46. The number of para-hydroxylation sites is 2. The zero-order valence-electron chi connectivity index (χ0n) is 14.9. The van der Waals surface area contributed by atoms with Gasteiger partial charge in [0.25, 0.3) is 0 Å². The van der Waals surface area contributed by atoms with Crippen molar-refractivity contribution in [1.82, 2.24) is 9.88 Å². The van der Waals surface area contributed by atoms with E-state index in [1.165, 1.54) is 18.2 Å². The molecule has 0 radical (unpaired) electrons. The lowest BCUT2D eigenvalue weighted by molar-refractivity contribution is -0.126. The summed E-state index contributed by atoms with van der Waals surface area (Å²) in [5.74, 6) is -0.112. The van der Waals surface area contributed by atoms with Crippen LogP contribution >= 0.6 is 11.3 Å². The van der Waals surface area contributed by atoms with Crippen LogP contribution in [-0.4, -0.2) is 28.9 Å². The fourth-order valence-electron chi connectivity index (χ4n) is 3.40. The molecule has 1 fully saturated rings. The number of rotatable bonds is 5. The molecule has 2 heterocycles. The summed E-state index contributed by atoms with van der Waals surface area (Å²) in [5.41, 5.74) is 1.38. The molecule has 0 N–H and O–H groups in total. The number of ether oxygens (including phenoxy) is 1. The van der Waals surface area contributed by atoms with Gasteiger partial charge in [-0.1, -0.05) is 30.3 Å². The van der Waals surface area contributed by atoms with Crippen molar-refractivity contribution in [2.75, 3.05) is 6.54 Å². The number of carbonyl (C=O) groups is 1. The van der Waals surface area contributed by atoms with Crippen molar-refractivity contribution in [3.63, 3.8) is 0 Å². The lowest BCUT2D eigenvalue weighted by atomic mass is 10.2. The minimum atomic E-state index is -2.91. The molecule has 28 heavy (non-hydrogen) atoms. The van der Waals surface area contributed by atoms with Crippen LogP contribution in [0.4, 0.5) is 8.78 Å². The third-order valence-electron chi connectivity index (χ3n) is 4.67. The molecule has 2 aromatic carbocycles. The summed E-state index contributed by atoms with van der Waals surface area (Å²) in [5, 5.41) is 0.932. The molecule has 4 rings (SSSR count). The van der Waals surface area contributed by atoms with Crippen LogP contribution < -0.4 is 4.74 Å². The fraction of sp³-hybridized carbons (Fsp3) is 0.238. The van der Waals surface area contributed by atoms with Crippen molar-refractivity contribution in [2.45, 2.75) is 25.5 Å². The molecule has 1 aliphatic rings. The minimum Gasteiger partial charge on any atom is -0.434 e. The summed E-state index contributed by atoms with van der Waals surface area (Å²) in [6.45, 7) is -2.26. The van der Waals surface area contributed by atoms with Crippen LogP contribution in [0.15, 0.2) is 54.6 Å². The number of amides is 1. The first kappa shape index (κ1) is 18.6. The molecule has 1 amide bonds. The predicted octanol–water partition coefficient (Wildman–Crippen LogP) is 5.27. The molecule has 1 unspecified atom stereocenters. The molecule has 0 spiro atoms. The molecule has 1 aromatic heterocycles. The number of aromatic nitrogens is 1. The molecular weight excluding hydrogens is 382 g/mol. The van der Waals surface area contributed by atoms with E-state index in [1.807, 2.05) is 24.3 Å². The molecule has 0 saturated carbocycles. The van der Waals surface area contributed by atoms with Gasteiger partial charge in [0, 0.05) is 18.2 Å². The van der Waals surface area contributed by atoms with Gasteiger partial charge in [0.2, 0.25) is 5.91 Å². The van der Waals surface area contributed by atoms with Crippen molar-refractivity contribution in [1.29, 1.82) is 0 Å². The third-order valence-corrected chi connectivity index (χ3v) is 5.81. The van der Waals surface area contributed by atoms with Crippen LogP contribution in [0, 0.1) is 0 Å². The molecule has 144 valence electrons. The highest BCUT2D eigenvalue weighted by molar-refractivity contribution is 7.18. The Morgan fingerprint density at radius 1 is 1.21 bits per heavy atom. The van der Waals surface area contributed by atoms with Gasteiger partial charge in [-0.3, -0.25) is 4.79 Å². The Labute approximate surface area is 165 Å². The molecular formula is C21H18F2N2O2S. The summed E-state index contributed by atoms with van der Waals surface area (Å²) >= 11 is 1.61. The second-order valence-corrected chi connectivity index (χ2v) is 7.52. The Kier molecular flexibility index (Phi) is 5.34. The molecule has 0 aliphatic carbocycles. The summed E-state index contributed by atoms with van der Waals surface area (Å²) in [7, 11) is 0. The van der Waals surface area contributed by atoms with Crippen molar-refractivity contribution in [3.05, 3.63) is 65.2 Å². The maximum atomic E-state index is 12.8. The molecule has 0 bridgehead atoms. The molecule has 1 saturated heterocycles. The standard InChI is InChI=1S/C21H18F2N2O2S/c22-21(23)27-17-9-3-1-6-14(17)11-12-19(26)25-13-5-8-16(25)20-24-15-7-2-4-10-18(15)28-20/h1-4,6-7,9-12,16,21H,5,8,13H2.